The Labute approximate surface area is 194 Å². The van der Waals surface area contributed by atoms with Gasteiger partial charge < -0.3 is 5.32 Å². The number of nitrogens with one attached hydrogen (secondary N) is 2. The number of hydrogen-bond donors (Lipinski definition) is 2. The van der Waals surface area contributed by atoms with Crippen LogP contribution in [-0.2, 0) is 22.7 Å². The Bertz CT molecular complexity index is 1260. The highest BCUT2D eigenvalue weighted by Gasteiger charge is 2.37. The van der Waals surface area contributed by atoms with Gasteiger partial charge in [-0.1, -0.05) is 0 Å². The molecular weight excluding hydrogens is 506 g/mol. The number of hydrogen-bond acceptors (Lipinski definition) is 7. The summed E-state index contributed by atoms with van der Waals surface area (Å²) in [5.74, 6) is -0.173. The van der Waals surface area contributed by atoms with Gasteiger partial charge in [-0.2, -0.15) is 40.8 Å². The van der Waals surface area contributed by atoms with E-state index in [0.717, 1.165) is 12.4 Å². The van der Waals surface area contributed by atoms with E-state index in [9.17, 15) is 34.8 Å². The van der Waals surface area contributed by atoms with Gasteiger partial charge in [-0.15, -0.1) is 0 Å². The second-order valence-corrected chi connectivity index (χ2v) is 9.69. The lowest BCUT2D eigenvalue weighted by Gasteiger charge is -2.31. The first-order valence-corrected chi connectivity index (χ1v) is 11.6. The van der Waals surface area contributed by atoms with Crippen molar-refractivity contribution in [3.05, 3.63) is 36.5 Å². The largest absolute Gasteiger partial charge is 0.419 e. The van der Waals surface area contributed by atoms with E-state index < -0.39 is 40.2 Å². The fourth-order valence-electron chi connectivity index (χ4n) is 3.59. The zero-order valence-corrected chi connectivity index (χ0v) is 18.5. The number of sulfonamides is 1. The molecule has 35 heavy (non-hydrogen) atoms. The predicted molar refractivity (Wildman–Crippen MR) is 108 cm³/mol. The van der Waals surface area contributed by atoms with Gasteiger partial charge in [-0.05, 0) is 12.8 Å². The number of aromatic nitrogens is 6. The monoisotopic (exact) mass is 524 g/mol. The minimum absolute atomic E-state index is 0.0192. The van der Waals surface area contributed by atoms with E-state index in [1.54, 1.807) is 0 Å². The van der Waals surface area contributed by atoms with Crippen LogP contribution in [0, 0.1) is 0 Å². The summed E-state index contributed by atoms with van der Waals surface area (Å²) in [6.45, 7) is -1.18. The van der Waals surface area contributed by atoms with E-state index in [1.165, 1.54) is 16.7 Å². The van der Waals surface area contributed by atoms with Gasteiger partial charge in [-0.25, -0.2) is 18.4 Å². The van der Waals surface area contributed by atoms with Crippen LogP contribution < -0.4 is 5.32 Å². The Morgan fingerprint density at radius 1 is 1.09 bits per heavy atom. The van der Waals surface area contributed by atoms with Gasteiger partial charge in [0.2, 0.25) is 16.0 Å². The molecule has 1 saturated heterocycles. The first-order valence-electron chi connectivity index (χ1n) is 10.1. The van der Waals surface area contributed by atoms with Crippen LogP contribution in [0.25, 0.3) is 11.3 Å². The van der Waals surface area contributed by atoms with Gasteiger partial charge in [0, 0.05) is 43.3 Å². The quantitative estimate of drug-likeness (QED) is 0.476. The van der Waals surface area contributed by atoms with Crippen LogP contribution in [0.15, 0.2) is 35.9 Å². The van der Waals surface area contributed by atoms with Crippen molar-refractivity contribution in [2.45, 2.75) is 42.7 Å². The van der Waals surface area contributed by atoms with Gasteiger partial charge in [0.1, 0.15) is 17.0 Å². The fraction of sp³-hybridized carbons (Fsp3) is 0.444. The van der Waals surface area contributed by atoms with Crippen molar-refractivity contribution in [3.63, 3.8) is 0 Å². The standard InChI is InChI=1S/C18H18F6N8O2S/c19-17(20,21)10-31-9-11(5-28-31)15-14(18(22,23)24)8-25-16(30-15)29-12-1-3-32(4-2-12)35(33,34)13-6-26-27-7-13/h5-9,12H,1-4,10H2,(H,26,27)(H,25,29,30). The van der Waals surface area contributed by atoms with Crippen LogP contribution >= 0.6 is 0 Å². The minimum atomic E-state index is -4.85. The molecule has 0 saturated carbocycles. The molecule has 0 aromatic carbocycles. The van der Waals surface area contributed by atoms with Gasteiger partial charge in [0.25, 0.3) is 0 Å². The molecular formula is C18H18F6N8O2S. The number of H-pyrrole nitrogens is 1. The molecule has 4 heterocycles. The Balaban J connectivity index is 1.51. The molecule has 0 atom stereocenters. The Hall–Kier alpha value is -3.21. The zero-order valence-electron chi connectivity index (χ0n) is 17.7. The number of halogens is 6. The molecule has 3 aromatic rings. The number of rotatable bonds is 6. The van der Waals surface area contributed by atoms with Crippen LogP contribution in [0.4, 0.5) is 32.3 Å². The average molecular weight is 524 g/mol. The third-order valence-electron chi connectivity index (χ3n) is 5.24. The summed E-state index contributed by atoms with van der Waals surface area (Å²) >= 11 is 0. The zero-order chi connectivity index (χ0) is 25.4. The van der Waals surface area contributed by atoms with E-state index in [2.05, 4.69) is 30.6 Å². The normalized spacial score (nSPS) is 16.5. The maximum Gasteiger partial charge on any atom is 0.419 e. The lowest BCUT2D eigenvalue weighted by Crippen LogP contribution is -2.42. The number of piperidine rings is 1. The summed E-state index contributed by atoms with van der Waals surface area (Å²) in [6.07, 6.45) is -4.13. The molecule has 1 aliphatic rings. The fourth-order valence-corrected chi connectivity index (χ4v) is 4.96. The topological polar surface area (TPSA) is 122 Å². The Kier molecular flexibility index (Phi) is 6.48. The lowest BCUT2D eigenvalue weighted by atomic mass is 10.1. The first kappa shape index (κ1) is 24.9. The average Bonchev–Trinajstić information content (AvgIpc) is 3.45. The molecule has 0 unspecified atom stereocenters. The van der Waals surface area contributed by atoms with Gasteiger partial charge in [-0.3, -0.25) is 9.78 Å². The van der Waals surface area contributed by atoms with E-state index in [1.807, 2.05) is 0 Å². The molecule has 2 N–H and O–H groups in total. The maximum absolute atomic E-state index is 13.5. The maximum atomic E-state index is 13.5. The second-order valence-electron chi connectivity index (χ2n) is 7.75. The smallest absolute Gasteiger partial charge is 0.351 e. The second kappa shape index (κ2) is 9.10. The van der Waals surface area contributed by atoms with Crippen molar-refractivity contribution in [3.8, 4) is 11.3 Å². The molecule has 1 aliphatic heterocycles. The minimum Gasteiger partial charge on any atom is -0.351 e. The molecule has 1 fully saturated rings. The van der Waals surface area contributed by atoms with Crippen molar-refractivity contribution >= 4 is 16.0 Å². The van der Waals surface area contributed by atoms with Crippen LogP contribution in [-0.4, -0.2) is 68.0 Å². The molecule has 0 spiro atoms. The predicted octanol–water partition coefficient (Wildman–Crippen LogP) is 2.91. The molecule has 0 bridgehead atoms. The number of anilines is 1. The summed E-state index contributed by atoms with van der Waals surface area (Å²) < 4.78 is 105. The van der Waals surface area contributed by atoms with Crippen LogP contribution in [0.1, 0.15) is 18.4 Å². The molecule has 190 valence electrons. The van der Waals surface area contributed by atoms with E-state index in [-0.39, 0.29) is 35.5 Å². The van der Waals surface area contributed by atoms with Crippen molar-refractivity contribution in [1.29, 1.82) is 0 Å². The highest BCUT2D eigenvalue weighted by atomic mass is 32.2. The molecule has 0 radical (unpaired) electrons. The summed E-state index contributed by atoms with van der Waals surface area (Å²) in [5, 5.41) is 12.4. The molecule has 17 heteroatoms. The lowest BCUT2D eigenvalue weighted by molar-refractivity contribution is -0.142. The van der Waals surface area contributed by atoms with Crippen LogP contribution in [0.5, 0.6) is 0 Å². The Morgan fingerprint density at radius 2 is 1.80 bits per heavy atom. The number of nitrogens with zero attached hydrogens (tertiary/aromatic N) is 6. The summed E-state index contributed by atoms with van der Waals surface area (Å²) in [6, 6.07) is -0.344. The number of aromatic amines is 1. The van der Waals surface area contributed by atoms with Crippen molar-refractivity contribution in [1.82, 2.24) is 34.3 Å². The Morgan fingerprint density at radius 3 is 2.40 bits per heavy atom. The molecule has 0 aliphatic carbocycles. The summed E-state index contributed by atoms with van der Waals surface area (Å²) in [5.41, 5.74) is -2.10. The third-order valence-corrected chi connectivity index (χ3v) is 7.10. The van der Waals surface area contributed by atoms with E-state index in [0.29, 0.717) is 23.7 Å². The third kappa shape index (κ3) is 5.72. The molecule has 3 aromatic heterocycles. The van der Waals surface area contributed by atoms with Crippen molar-refractivity contribution < 1.29 is 34.8 Å². The van der Waals surface area contributed by atoms with Crippen LogP contribution in [0.3, 0.4) is 0 Å². The summed E-state index contributed by atoms with van der Waals surface area (Å²) in [7, 11) is -3.72. The van der Waals surface area contributed by atoms with E-state index >= 15 is 0 Å². The first-order chi connectivity index (χ1) is 16.3. The van der Waals surface area contributed by atoms with Gasteiger partial charge in [0.05, 0.1) is 18.1 Å². The highest BCUT2D eigenvalue weighted by molar-refractivity contribution is 7.89. The molecule has 4 rings (SSSR count). The van der Waals surface area contributed by atoms with E-state index in [4.69, 9.17) is 0 Å². The highest BCUT2D eigenvalue weighted by Crippen LogP contribution is 2.36. The van der Waals surface area contributed by atoms with Gasteiger partial charge >= 0.3 is 12.4 Å². The van der Waals surface area contributed by atoms with Crippen molar-refractivity contribution in [2.75, 3.05) is 18.4 Å². The van der Waals surface area contributed by atoms with Crippen LogP contribution in [0.2, 0.25) is 0 Å². The molecule has 10 nitrogen and oxygen atoms in total. The molecule has 0 amide bonds. The summed E-state index contributed by atoms with van der Waals surface area (Å²) in [4.78, 5) is 7.63. The van der Waals surface area contributed by atoms with Gasteiger partial charge in [0.15, 0.2) is 0 Å². The SMILES string of the molecule is O=S(=O)(c1cn[nH]c1)N1CCC(Nc2ncc(C(F)(F)F)c(-c3cnn(CC(F)(F)F)c3)n2)CC1. The number of alkyl halides is 6. The van der Waals surface area contributed by atoms with Crippen molar-refractivity contribution in [2.24, 2.45) is 0 Å².